The molecule has 10 heavy (non-hydrogen) atoms. The first kappa shape index (κ1) is 7.59. The maximum absolute atomic E-state index is 2.30. The van der Waals surface area contributed by atoms with Gasteiger partial charge in [-0.1, -0.05) is 30.7 Å². The van der Waals surface area contributed by atoms with E-state index in [1.165, 1.54) is 32.1 Å². The molecule has 0 fully saturated rings. The lowest BCUT2D eigenvalue weighted by molar-refractivity contribution is 0.693. The molecule has 0 bridgehead atoms. The summed E-state index contributed by atoms with van der Waals surface area (Å²) in [5.41, 5.74) is 0. The van der Waals surface area contributed by atoms with Gasteiger partial charge in [-0.2, -0.15) is 0 Å². The lowest BCUT2D eigenvalue weighted by atomic mass is 10.1. The lowest BCUT2D eigenvalue weighted by Crippen LogP contribution is -1.76. The molecule has 0 N–H and O–H groups in total. The first-order chi connectivity index (χ1) is 5.00. The second kappa shape index (κ2) is 5.28. The van der Waals surface area contributed by atoms with Crippen molar-refractivity contribution in [3.05, 3.63) is 24.3 Å². The van der Waals surface area contributed by atoms with E-state index in [0.717, 1.165) is 6.42 Å². The van der Waals surface area contributed by atoms with Crippen molar-refractivity contribution in [3.63, 3.8) is 0 Å². The van der Waals surface area contributed by atoms with Gasteiger partial charge < -0.3 is 0 Å². The number of rotatable bonds is 0. The van der Waals surface area contributed by atoms with Gasteiger partial charge in [0.05, 0.1) is 0 Å². The van der Waals surface area contributed by atoms with Gasteiger partial charge in [-0.3, -0.25) is 0 Å². The predicted octanol–water partition coefficient (Wildman–Crippen LogP) is 3.45. The first-order valence-electron chi connectivity index (χ1n) is 4.30. The van der Waals surface area contributed by atoms with Crippen LogP contribution in [-0.4, -0.2) is 0 Å². The highest BCUT2D eigenvalue weighted by atomic mass is 13.9. The second-order valence-corrected chi connectivity index (χ2v) is 2.82. The molecular formula is C10H16. The molecule has 0 radical (unpaired) electrons. The van der Waals surface area contributed by atoms with Crippen molar-refractivity contribution in [3.8, 4) is 0 Å². The van der Waals surface area contributed by atoms with Gasteiger partial charge in [-0.05, 0) is 32.1 Å². The van der Waals surface area contributed by atoms with Gasteiger partial charge in [-0.15, -0.1) is 0 Å². The van der Waals surface area contributed by atoms with Crippen LogP contribution in [0.1, 0.15) is 38.5 Å². The second-order valence-electron chi connectivity index (χ2n) is 2.82. The Hall–Kier alpha value is -0.520. The van der Waals surface area contributed by atoms with E-state index in [1.807, 2.05) is 0 Å². The van der Waals surface area contributed by atoms with Crippen molar-refractivity contribution in [2.45, 2.75) is 38.5 Å². The summed E-state index contributed by atoms with van der Waals surface area (Å²) in [6.07, 6.45) is 17.0. The smallest absolute Gasteiger partial charge is 0.0169 e. The van der Waals surface area contributed by atoms with Gasteiger partial charge >= 0.3 is 0 Å². The van der Waals surface area contributed by atoms with E-state index in [4.69, 9.17) is 0 Å². The molecule has 0 unspecified atom stereocenters. The average molecular weight is 136 g/mol. The Morgan fingerprint density at radius 3 is 1.80 bits per heavy atom. The molecule has 0 aromatic heterocycles. The largest absolute Gasteiger partial charge is 0.0882 e. The Labute approximate surface area is 63.6 Å². The van der Waals surface area contributed by atoms with E-state index in [-0.39, 0.29) is 0 Å². The van der Waals surface area contributed by atoms with Crippen molar-refractivity contribution in [2.24, 2.45) is 0 Å². The van der Waals surface area contributed by atoms with E-state index >= 15 is 0 Å². The summed E-state index contributed by atoms with van der Waals surface area (Å²) in [6, 6.07) is 0. The molecule has 0 saturated carbocycles. The van der Waals surface area contributed by atoms with Gasteiger partial charge in [0, 0.05) is 0 Å². The number of allylic oxidation sites excluding steroid dienone is 4. The molecule has 1 aliphatic carbocycles. The summed E-state index contributed by atoms with van der Waals surface area (Å²) >= 11 is 0. The van der Waals surface area contributed by atoms with E-state index in [9.17, 15) is 0 Å². The van der Waals surface area contributed by atoms with E-state index < -0.39 is 0 Å². The molecule has 1 aliphatic rings. The Morgan fingerprint density at radius 2 is 1.20 bits per heavy atom. The van der Waals surface area contributed by atoms with Crippen LogP contribution in [0.25, 0.3) is 0 Å². The Morgan fingerprint density at radius 1 is 0.600 bits per heavy atom. The summed E-state index contributed by atoms with van der Waals surface area (Å²) in [4.78, 5) is 0. The molecule has 0 atom stereocenters. The van der Waals surface area contributed by atoms with Crippen LogP contribution in [-0.2, 0) is 0 Å². The zero-order valence-corrected chi connectivity index (χ0v) is 6.55. The third-order valence-corrected chi connectivity index (χ3v) is 1.85. The van der Waals surface area contributed by atoms with Crippen molar-refractivity contribution >= 4 is 0 Å². The highest BCUT2D eigenvalue weighted by Gasteiger charge is 1.86. The Bertz CT molecular complexity index is 106. The third-order valence-electron chi connectivity index (χ3n) is 1.85. The summed E-state index contributed by atoms with van der Waals surface area (Å²) in [6.45, 7) is 0. The Balaban J connectivity index is 2.25. The average Bonchev–Trinajstić information content (AvgIpc) is 2.01. The van der Waals surface area contributed by atoms with Crippen LogP contribution in [0.15, 0.2) is 24.3 Å². The quantitative estimate of drug-likeness (QED) is 0.447. The minimum absolute atomic E-state index is 1.14. The first-order valence-corrected chi connectivity index (χ1v) is 4.30. The van der Waals surface area contributed by atoms with E-state index in [1.54, 1.807) is 0 Å². The molecule has 0 heteroatoms. The zero-order chi connectivity index (χ0) is 7.07. The molecule has 0 nitrogen and oxygen atoms in total. The summed E-state index contributed by atoms with van der Waals surface area (Å²) in [5.74, 6) is 0. The molecule has 0 spiro atoms. The van der Waals surface area contributed by atoms with Crippen molar-refractivity contribution in [1.29, 1.82) is 0 Å². The molecule has 0 aromatic rings. The normalized spacial score (nSPS) is 20.8. The van der Waals surface area contributed by atoms with Crippen molar-refractivity contribution in [1.82, 2.24) is 0 Å². The zero-order valence-electron chi connectivity index (χ0n) is 6.55. The summed E-state index contributed by atoms with van der Waals surface area (Å²) in [7, 11) is 0. The minimum Gasteiger partial charge on any atom is -0.0882 e. The van der Waals surface area contributed by atoms with E-state index in [0.29, 0.717) is 0 Å². The fourth-order valence-corrected chi connectivity index (χ4v) is 1.21. The van der Waals surface area contributed by atoms with E-state index in [2.05, 4.69) is 24.3 Å². The standard InChI is InChI=1S/C10H16/c1-2-4-6-8-10-9-7-5-3-1/h1-2,5,7H,3-4,6,8-10H2. The molecular weight excluding hydrogens is 120 g/mol. The topological polar surface area (TPSA) is 0 Å². The molecule has 0 heterocycles. The number of hydrogen-bond acceptors (Lipinski definition) is 0. The van der Waals surface area contributed by atoms with Crippen LogP contribution in [0.5, 0.6) is 0 Å². The maximum atomic E-state index is 2.30. The van der Waals surface area contributed by atoms with Crippen molar-refractivity contribution in [2.75, 3.05) is 0 Å². The van der Waals surface area contributed by atoms with Crippen LogP contribution in [0, 0.1) is 0 Å². The monoisotopic (exact) mass is 136 g/mol. The van der Waals surface area contributed by atoms with Gasteiger partial charge in [0.1, 0.15) is 0 Å². The van der Waals surface area contributed by atoms with Crippen LogP contribution in [0.3, 0.4) is 0 Å². The minimum atomic E-state index is 1.14. The van der Waals surface area contributed by atoms with Gasteiger partial charge in [0.15, 0.2) is 0 Å². The summed E-state index contributed by atoms with van der Waals surface area (Å²) < 4.78 is 0. The van der Waals surface area contributed by atoms with Gasteiger partial charge in [0.2, 0.25) is 0 Å². The van der Waals surface area contributed by atoms with Crippen LogP contribution < -0.4 is 0 Å². The number of hydrogen-bond donors (Lipinski definition) is 0. The van der Waals surface area contributed by atoms with Gasteiger partial charge in [0.25, 0.3) is 0 Å². The highest BCUT2D eigenvalue weighted by Crippen LogP contribution is 2.06. The van der Waals surface area contributed by atoms with Crippen LogP contribution in [0.4, 0.5) is 0 Å². The highest BCUT2D eigenvalue weighted by molar-refractivity contribution is 4.93. The SMILES string of the molecule is C1=CCCCCCC=CC1. The van der Waals surface area contributed by atoms with Crippen LogP contribution in [0.2, 0.25) is 0 Å². The molecule has 0 aliphatic heterocycles. The molecule has 0 aromatic carbocycles. The molecule has 1 rings (SSSR count). The van der Waals surface area contributed by atoms with Gasteiger partial charge in [-0.25, -0.2) is 0 Å². The fraction of sp³-hybridized carbons (Fsp3) is 0.600. The molecule has 0 amide bonds. The Kier molecular flexibility index (Phi) is 4.00. The molecule has 56 valence electrons. The maximum Gasteiger partial charge on any atom is -0.0169 e. The summed E-state index contributed by atoms with van der Waals surface area (Å²) in [5, 5.41) is 0. The van der Waals surface area contributed by atoms with Crippen LogP contribution >= 0.6 is 0 Å². The third kappa shape index (κ3) is 3.49. The van der Waals surface area contributed by atoms with Crippen molar-refractivity contribution < 1.29 is 0 Å². The fourth-order valence-electron chi connectivity index (χ4n) is 1.21. The lowest BCUT2D eigenvalue weighted by Gasteiger charge is -1.96. The molecule has 0 saturated heterocycles. The predicted molar refractivity (Wildman–Crippen MR) is 46.0 cm³/mol.